The van der Waals surface area contributed by atoms with Crippen LogP contribution in [0.5, 0.6) is 0 Å². The molecule has 0 aromatic heterocycles. The van der Waals surface area contributed by atoms with Crippen molar-refractivity contribution >= 4 is 5.91 Å². The molecule has 0 aromatic rings. The van der Waals surface area contributed by atoms with Crippen LogP contribution >= 0.6 is 0 Å². The van der Waals surface area contributed by atoms with Crippen molar-refractivity contribution in [2.75, 3.05) is 27.2 Å². The van der Waals surface area contributed by atoms with Crippen molar-refractivity contribution in [3.63, 3.8) is 0 Å². The summed E-state index contributed by atoms with van der Waals surface area (Å²) in [5, 5.41) is 3.45. The van der Waals surface area contributed by atoms with E-state index >= 15 is 0 Å². The molecule has 3 N–H and O–H groups in total. The number of carbonyl (C=O) groups is 1. The van der Waals surface area contributed by atoms with Gasteiger partial charge in [-0.15, -0.1) is 0 Å². The van der Waals surface area contributed by atoms with E-state index in [1.807, 2.05) is 0 Å². The Morgan fingerprint density at radius 1 is 0.897 bits per heavy atom. The highest BCUT2D eigenvalue weighted by molar-refractivity contribution is 5.83. The number of carbonyl (C=O) groups excluding carboxylic acids is 1. The number of nitrogens with two attached hydrogens (primary N) is 1. The summed E-state index contributed by atoms with van der Waals surface area (Å²) in [6.45, 7) is 21.6. The van der Waals surface area contributed by atoms with Crippen molar-refractivity contribution in [3.05, 3.63) is 12.2 Å². The van der Waals surface area contributed by atoms with E-state index in [2.05, 4.69) is 72.4 Å². The maximum Gasteiger partial charge on any atom is 0.226 e. The van der Waals surface area contributed by atoms with Gasteiger partial charge in [-0.05, 0) is 149 Å². The van der Waals surface area contributed by atoms with Gasteiger partial charge in [-0.2, -0.15) is 0 Å². The van der Waals surface area contributed by atoms with Crippen LogP contribution in [0.1, 0.15) is 112 Å². The molecule has 0 radical (unpaired) electrons. The van der Waals surface area contributed by atoms with Crippen molar-refractivity contribution in [1.29, 1.82) is 0 Å². The fraction of sp³-hybridized carbons (Fsp3) is 0.914. The van der Waals surface area contributed by atoms with Crippen LogP contribution in [0.3, 0.4) is 0 Å². The third-order valence-electron chi connectivity index (χ3n) is 14.7. The smallest absolute Gasteiger partial charge is 0.226 e. The minimum atomic E-state index is -0.199. The van der Waals surface area contributed by atoms with E-state index in [-0.39, 0.29) is 16.2 Å². The number of rotatable bonds is 6. The van der Waals surface area contributed by atoms with Crippen molar-refractivity contribution in [2.45, 2.75) is 118 Å². The number of amides is 1. The Bertz CT molecular complexity index is 973. The number of hydrogen-bond donors (Lipinski definition) is 2. The highest BCUT2D eigenvalue weighted by atomic mass is 16.2. The van der Waals surface area contributed by atoms with E-state index in [0.29, 0.717) is 40.5 Å². The monoisotopic (exact) mass is 539 g/mol. The predicted molar refractivity (Wildman–Crippen MR) is 163 cm³/mol. The predicted octanol–water partition coefficient (Wildman–Crippen LogP) is 7.04. The fourth-order valence-corrected chi connectivity index (χ4v) is 12.3. The molecule has 0 spiro atoms. The van der Waals surface area contributed by atoms with Gasteiger partial charge in [0.2, 0.25) is 5.91 Å². The van der Waals surface area contributed by atoms with Gasteiger partial charge in [0.1, 0.15) is 0 Å². The van der Waals surface area contributed by atoms with Crippen LogP contribution in [0.15, 0.2) is 12.2 Å². The Labute approximate surface area is 240 Å². The molecule has 4 heteroatoms. The van der Waals surface area contributed by atoms with E-state index in [0.717, 1.165) is 50.6 Å². The van der Waals surface area contributed by atoms with Gasteiger partial charge in [-0.3, -0.25) is 4.79 Å². The average molecular weight is 540 g/mol. The molecular weight excluding hydrogens is 478 g/mol. The summed E-state index contributed by atoms with van der Waals surface area (Å²) in [6, 6.07) is 0.327. The maximum absolute atomic E-state index is 14.1. The lowest BCUT2D eigenvalue weighted by molar-refractivity contribution is -0.237. The molecule has 4 nitrogen and oxygen atoms in total. The molecule has 5 aliphatic carbocycles. The van der Waals surface area contributed by atoms with Crippen LogP contribution in [0.2, 0.25) is 0 Å². The molecule has 5 aliphatic rings. The normalized spacial score (nSPS) is 48.5. The lowest BCUT2D eigenvalue weighted by Gasteiger charge is -2.73. The molecule has 0 heterocycles. The Hall–Kier alpha value is -0.870. The summed E-state index contributed by atoms with van der Waals surface area (Å²) in [4.78, 5) is 16.3. The first-order valence-corrected chi connectivity index (χ1v) is 16.5. The van der Waals surface area contributed by atoms with E-state index in [4.69, 9.17) is 5.73 Å². The van der Waals surface area contributed by atoms with Gasteiger partial charge in [0, 0.05) is 12.6 Å². The molecule has 222 valence electrons. The van der Waals surface area contributed by atoms with Crippen LogP contribution in [0.4, 0.5) is 0 Å². The second kappa shape index (κ2) is 9.85. The minimum absolute atomic E-state index is 0.199. The summed E-state index contributed by atoms with van der Waals surface area (Å²) in [6.07, 6.45) is 13.2. The first-order valence-electron chi connectivity index (χ1n) is 16.5. The van der Waals surface area contributed by atoms with E-state index in [9.17, 15) is 4.79 Å². The second-order valence-electron chi connectivity index (χ2n) is 16.7. The quantitative estimate of drug-likeness (QED) is 0.281. The van der Waals surface area contributed by atoms with Crippen LogP contribution in [-0.2, 0) is 4.79 Å². The molecular formula is C35H61N3O. The zero-order chi connectivity index (χ0) is 28.6. The summed E-state index contributed by atoms with van der Waals surface area (Å²) >= 11 is 0. The van der Waals surface area contributed by atoms with Crippen LogP contribution in [-0.4, -0.2) is 44.0 Å². The third-order valence-corrected chi connectivity index (χ3v) is 14.7. The summed E-state index contributed by atoms with van der Waals surface area (Å²) in [5.41, 5.74) is 9.09. The third kappa shape index (κ3) is 4.15. The van der Waals surface area contributed by atoms with Gasteiger partial charge < -0.3 is 16.0 Å². The SMILES string of the molecule is C=C(C)[C@@H]1CC[C@]2(C(=O)NCCCN(C)C)CC[C@]3(C)[C@H](CC[C@@H]4[C@@]5(C)CC[C@H](N)C(C)(C)[C@@H]5CC[C@]43C)[C@@H]12. The molecule has 0 saturated heterocycles. The number of fused-ring (bicyclic) bond motifs is 7. The number of nitrogens with one attached hydrogen (secondary N) is 1. The van der Waals surface area contributed by atoms with Crippen molar-refractivity contribution in [1.82, 2.24) is 10.2 Å². The maximum atomic E-state index is 14.1. The van der Waals surface area contributed by atoms with Gasteiger partial charge in [0.25, 0.3) is 0 Å². The van der Waals surface area contributed by atoms with Gasteiger partial charge in [-0.1, -0.05) is 46.8 Å². The Morgan fingerprint density at radius 3 is 2.28 bits per heavy atom. The number of hydrogen-bond acceptors (Lipinski definition) is 3. The zero-order valence-electron chi connectivity index (χ0n) is 26.8. The molecule has 39 heavy (non-hydrogen) atoms. The summed E-state index contributed by atoms with van der Waals surface area (Å²) in [7, 11) is 4.22. The molecule has 0 bridgehead atoms. The Kier molecular flexibility index (Phi) is 7.48. The molecule has 5 rings (SSSR count). The van der Waals surface area contributed by atoms with E-state index < -0.39 is 0 Å². The Morgan fingerprint density at radius 2 is 1.62 bits per heavy atom. The summed E-state index contributed by atoms with van der Waals surface area (Å²) < 4.78 is 0. The number of nitrogens with zero attached hydrogens (tertiary/aromatic N) is 1. The van der Waals surface area contributed by atoms with Gasteiger partial charge in [0.05, 0.1) is 5.41 Å². The van der Waals surface area contributed by atoms with E-state index in [1.165, 1.54) is 50.5 Å². The average Bonchev–Trinajstić information content (AvgIpc) is 3.26. The first kappa shape index (κ1) is 29.6. The fourth-order valence-electron chi connectivity index (χ4n) is 12.3. The molecule has 0 aliphatic heterocycles. The number of allylic oxidation sites excluding steroid dienone is 1. The van der Waals surface area contributed by atoms with Crippen LogP contribution in [0, 0.1) is 56.7 Å². The molecule has 5 saturated carbocycles. The van der Waals surface area contributed by atoms with Gasteiger partial charge in [0.15, 0.2) is 0 Å². The molecule has 5 fully saturated rings. The highest BCUT2D eigenvalue weighted by Crippen LogP contribution is 2.77. The zero-order valence-corrected chi connectivity index (χ0v) is 26.8. The second-order valence-corrected chi connectivity index (χ2v) is 16.7. The lowest BCUT2D eigenvalue weighted by Crippen LogP contribution is -2.68. The first-order chi connectivity index (χ1) is 18.1. The lowest BCUT2D eigenvalue weighted by atomic mass is 9.32. The molecule has 0 aromatic carbocycles. The van der Waals surface area contributed by atoms with Gasteiger partial charge in [-0.25, -0.2) is 0 Å². The molecule has 1 amide bonds. The standard InChI is InChI=1S/C35H61N3O/c1-23(2)24-13-18-35(30(39)37-21-10-22-38(8)9)20-19-33(6)25(29(24)35)11-12-27-32(5)16-15-28(36)31(3,4)26(32)14-17-34(27,33)7/h24-29H,1,10-22,36H2,2-9H3,(H,37,39)/t24-,25+,26-,27+,28-,29+,32-,33+,34+,35-/m0/s1. The van der Waals surface area contributed by atoms with Crippen molar-refractivity contribution < 1.29 is 4.79 Å². The van der Waals surface area contributed by atoms with Crippen LogP contribution < -0.4 is 11.1 Å². The minimum Gasteiger partial charge on any atom is -0.356 e. The van der Waals surface area contributed by atoms with Crippen molar-refractivity contribution in [2.24, 2.45) is 62.4 Å². The van der Waals surface area contributed by atoms with E-state index in [1.54, 1.807) is 0 Å². The topological polar surface area (TPSA) is 58.4 Å². The Balaban J connectivity index is 1.46. The van der Waals surface area contributed by atoms with Crippen LogP contribution in [0.25, 0.3) is 0 Å². The van der Waals surface area contributed by atoms with Gasteiger partial charge >= 0.3 is 0 Å². The molecule has 10 atom stereocenters. The molecule has 0 unspecified atom stereocenters. The summed E-state index contributed by atoms with van der Waals surface area (Å²) in [5.74, 6) is 3.39. The highest BCUT2D eigenvalue weighted by Gasteiger charge is 2.71. The van der Waals surface area contributed by atoms with Crippen molar-refractivity contribution in [3.8, 4) is 0 Å². The largest absolute Gasteiger partial charge is 0.356 e.